The summed E-state index contributed by atoms with van der Waals surface area (Å²) in [5.74, 6) is -2.35. The lowest BCUT2D eigenvalue weighted by Gasteiger charge is -2.26. The Morgan fingerprint density at radius 2 is 2.14 bits per heavy atom. The van der Waals surface area contributed by atoms with Gasteiger partial charge in [-0.2, -0.15) is 8.78 Å². The fourth-order valence-electron chi connectivity index (χ4n) is 3.66. The first-order valence-electron chi connectivity index (χ1n) is 8.58. The van der Waals surface area contributed by atoms with Crippen LogP contribution in [0.2, 0.25) is 0 Å². The van der Waals surface area contributed by atoms with Crippen molar-refractivity contribution in [2.45, 2.75) is 31.9 Å². The second-order valence-corrected chi connectivity index (χ2v) is 6.69. The summed E-state index contributed by atoms with van der Waals surface area (Å²) in [4.78, 5) is 26.7. The molecule has 2 aliphatic rings. The molecule has 1 fully saturated rings. The fraction of sp³-hybridized carbons (Fsp3) is 0.412. The average molecular weight is 396 g/mol. The predicted molar refractivity (Wildman–Crippen MR) is 87.1 cm³/mol. The molecule has 2 aromatic rings. The highest BCUT2D eigenvalue weighted by Gasteiger charge is 2.36. The van der Waals surface area contributed by atoms with E-state index in [1.807, 2.05) is 0 Å². The van der Waals surface area contributed by atoms with Crippen molar-refractivity contribution in [1.82, 2.24) is 20.0 Å². The molecule has 0 saturated carbocycles. The third kappa shape index (κ3) is 3.06. The number of likely N-dealkylation sites (tertiary alicyclic amines) is 1. The van der Waals surface area contributed by atoms with Crippen molar-refractivity contribution < 1.29 is 32.3 Å². The zero-order valence-corrected chi connectivity index (χ0v) is 14.4. The van der Waals surface area contributed by atoms with E-state index in [-0.39, 0.29) is 41.7 Å². The van der Waals surface area contributed by atoms with E-state index in [4.69, 9.17) is 4.42 Å². The molecule has 2 amide bonds. The van der Waals surface area contributed by atoms with Gasteiger partial charge in [0.05, 0.1) is 6.04 Å². The number of aromatic nitrogens is 2. The van der Waals surface area contributed by atoms with E-state index >= 15 is 0 Å². The molecule has 0 aliphatic carbocycles. The fourth-order valence-corrected chi connectivity index (χ4v) is 3.66. The maximum Gasteiger partial charge on any atom is 0.407 e. The first-order valence-corrected chi connectivity index (χ1v) is 8.58. The minimum Gasteiger partial charge on any atom is -0.465 e. The van der Waals surface area contributed by atoms with Gasteiger partial charge in [0.15, 0.2) is 0 Å². The number of benzene rings is 1. The highest BCUT2D eigenvalue weighted by molar-refractivity contribution is 5.99. The number of amides is 2. The van der Waals surface area contributed by atoms with Crippen molar-refractivity contribution in [3.05, 3.63) is 35.0 Å². The van der Waals surface area contributed by atoms with Crippen LogP contribution in [-0.4, -0.2) is 56.2 Å². The Morgan fingerprint density at radius 1 is 1.36 bits per heavy atom. The topological polar surface area (TPSA) is 99.8 Å². The van der Waals surface area contributed by atoms with Crippen LogP contribution < -0.4 is 0 Å². The van der Waals surface area contributed by atoms with Crippen LogP contribution in [0.1, 0.15) is 41.1 Å². The van der Waals surface area contributed by atoms with E-state index in [0.717, 1.165) is 6.07 Å². The highest BCUT2D eigenvalue weighted by atomic mass is 19.3. The highest BCUT2D eigenvalue weighted by Crippen LogP contribution is 2.32. The van der Waals surface area contributed by atoms with Gasteiger partial charge in [-0.3, -0.25) is 4.79 Å². The normalized spacial score (nSPS) is 19.0. The van der Waals surface area contributed by atoms with Crippen molar-refractivity contribution in [2.24, 2.45) is 0 Å². The standard InChI is InChI=1S/C17H15F3N4O4/c18-12-5-8(14-21-22-15(28-14)13(19)20)4-10-11(12)7-23(16(10)25)6-9-2-1-3-24(9)17(26)27/h4-5,9,13H,1-3,6-7H2,(H,26,27)/t9-/m0/s1. The molecule has 148 valence electrons. The van der Waals surface area contributed by atoms with Crippen LogP contribution in [0.15, 0.2) is 16.5 Å². The maximum absolute atomic E-state index is 14.5. The van der Waals surface area contributed by atoms with E-state index < -0.39 is 30.1 Å². The van der Waals surface area contributed by atoms with Crippen molar-refractivity contribution in [1.29, 1.82) is 0 Å². The molecule has 1 saturated heterocycles. The van der Waals surface area contributed by atoms with Crippen LogP contribution in [0.4, 0.5) is 18.0 Å². The zero-order chi connectivity index (χ0) is 20.0. The number of rotatable bonds is 4. The van der Waals surface area contributed by atoms with E-state index in [1.54, 1.807) is 0 Å². The van der Waals surface area contributed by atoms with Crippen LogP contribution >= 0.6 is 0 Å². The third-order valence-electron chi connectivity index (χ3n) is 4.99. The number of hydrogen-bond acceptors (Lipinski definition) is 5. The van der Waals surface area contributed by atoms with Crippen LogP contribution in [0.3, 0.4) is 0 Å². The van der Waals surface area contributed by atoms with Crippen molar-refractivity contribution in [3.63, 3.8) is 0 Å². The molecule has 0 spiro atoms. The molecule has 28 heavy (non-hydrogen) atoms. The van der Waals surface area contributed by atoms with Gasteiger partial charge >= 0.3 is 12.5 Å². The van der Waals surface area contributed by atoms with Gasteiger partial charge in [0.1, 0.15) is 5.82 Å². The molecule has 3 heterocycles. The summed E-state index contributed by atoms with van der Waals surface area (Å²) in [5, 5.41) is 15.9. The van der Waals surface area contributed by atoms with Gasteiger partial charge in [0.25, 0.3) is 11.8 Å². The Labute approximate surface area is 156 Å². The van der Waals surface area contributed by atoms with Crippen molar-refractivity contribution >= 4 is 12.0 Å². The van der Waals surface area contributed by atoms with E-state index in [2.05, 4.69) is 10.2 Å². The third-order valence-corrected chi connectivity index (χ3v) is 4.99. The Balaban J connectivity index is 1.58. The lowest BCUT2D eigenvalue weighted by Crippen LogP contribution is -2.42. The largest absolute Gasteiger partial charge is 0.465 e. The molecule has 0 unspecified atom stereocenters. The van der Waals surface area contributed by atoms with Gasteiger partial charge in [-0.05, 0) is 25.0 Å². The predicted octanol–water partition coefficient (Wildman–Crippen LogP) is 2.91. The van der Waals surface area contributed by atoms with Crippen LogP contribution in [0.5, 0.6) is 0 Å². The molecule has 4 rings (SSSR count). The number of carboxylic acid groups (broad SMARTS) is 1. The van der Waals surface area contributed by atoms with Gasteiger partial charge in [-0.25, -0.2) is 9.18 Å². The quantitative estimate of drug-likeness (QED) is 0.853. The first kappa shape index (κ1) is 18.3. The molecular formula is C17H15F3N4O4. The molecule has 1 N–H and O–H groups in total. The Hall–Kier alpha value is -3.11. The molecule has 0 bridgehead atoms. The number of fused-ring (bicyclic) bond motifs is 1. The first-order chi connectivity index (χ1) is 13.3. The summed E-state index contributed by atoms with van der Waals surface area (Å²) in [7, 11) is 0. The summed E-state index contributed by atoms with van der Waals surface area (Å²) in [5.41, 5.74) is 0.271. The lowest BCUT2D eigenvalue weighted by atomic mass is 10.1. The summed E-state index contributed by atoms with van der Waals surface area (Å²) < 4.78 is 44.6. The number of carbonyl (C=O) groups excluding carboxylic acids is 1. The summed E-state index contributed by atoms with van der Waals surface area (Å²) >= 11 is 0. The molecule has 1 atom stereocenters. The van der Waals surface area contributed by atoms with Crippen molar-refractivity contribution in [2.75, 3.05) is 13.1 Å². The minimum absolute atomic E-state index is 0.0103. The van der Waals surface area contributed by atoms with Crippen LogP contribution in [-0.2, 0) is 6.54 Å². The van der Waals surface area contributed by atoms with Gasteiger partial charge in [0.2, 0.25) is 5.89 Å². The molecule has 0 radical (unpaired) electrons. The monoisotopic (exact) mass is 396 g/mol. The lowest BCUT2D eigenvalue weighted by molar-refractivity contribution is 0.0719. The average Bonchev–Trinajstić information content (AvgIpc) is 3.36. The Kier molecular flexibility index (Phi) is 4.44. The van der Waals surface area contributed by atoms with E-state index in [0.29, 0.717) is 19.4 Å². The number of alkyl halides is 2. The van der Waals surface area contributed by atoms with Gasteiger partial charge in [-0.1, -0.05) is 0 Å². The summed E-state index contributed by atoms with van der Waals surface area (Å²) in [6, 6.07) is 2.03. The molecule has 1 aromatic heterocycles. The molecular weight excluding hydrogens is 381 g/mol. The maximum atomic E-state index is 14.5. The second-order valence-electron chi connectivity index (χ2n) is 6.69. The summed E-state index contributed by atoms with van der Waals surface area (Å²) in [6.45, 7) is 0.568. The molecule has 1 aromatic carbocycles. The van der Waals surface area contributed by atoms with Crippen LogP contribution in [0.25, 0.3) is 11.5 Å². The van der Waals surface area contributed by atoms with Gasteiger partial charge < -0.3 is 19.3 Å². The number of carbonyl (C=O) groups is 2. The SMILES string of the molecule is O=C1c2cc(-c3nnc(C(F)F)o3)cc(F)c2CN1C[C@@H]1CCCN1C(=O)O. The van der Waals surface area contributed by atoms with Gasteiger partial charge in [-0.15, -0.1) is 10.2 Å². The molecule has 11 heteroatoms. The number of halogens is 3. The smallest absolute Gasteiger partial charge is 0.407 e. The van der Waals surface area contributed by atoms with Crippen LogP contribution in [0, 0.1) is 5.82 Å². The van der Waals surface area contributed by atoms with E-state index in [1.165, 1.54) is 15.9 Å². The van der Waals surface area contributed by atoms with Crippen molar-refractivity contribution in [3.8, 4) is 11.5 Å². The number of hydrogen-bond donors (Lipinski definition) is 1. The summed E-state index contributed by atoms with van der Waals surface area (Å²) in [6.07, 6.45) is -2.68. The Bertz CT molecular complexity index is 948. The number of nitrogens with zero attached hydrogens (tertiary/aromatic N) is 4. The second kappa shape index (κ2) is 6.80. The van der Waals surface area contributed by atoms with Gasteiger partial charge in [0, 0.05) is 36.3 Å². The molecule has 8 nitrogen and oxygen atoms in total. The van der Waals surface area contributed by atoms with E-state index in [9.17, 15) is 27.9 Å². The minimum atomic E-state index is -2.96. The zero-order valence-electron chi connectivity index (χ0n) is 14.4. The molecule has 2 aliphatic heterocycles. The Morgan fingerprint density at radius 3 is 2.82 bits per heavy atom.